The third-order valence-corrected chi connectivity index (χ3v) is 1.21. The molecule has 0 saturated carbocycles. The topological polar surface area (TPSA) is 26.3 Å². The molecule has 64 valence electrons. The van der Waals surface area contributed by atoms with Gasteiger partial charge in [0.25, 0.3) is 0 Å². The fourth-order valence-corrected chi connectivity index (χ4v) is 0.756. The van der Waals surface area contributed by atoms with Gasteiger partial charge in [0.1, 0.15) is 6.10 Å². The number of carbonyl (C=O) groups excluding carboxylic acids is 1. The second-order valence-corrected chi connectivity index (χ2v) is 2.53. The van der Waals surface area contributed by atoms with Gasteiger partial charge in [0.15, 0.2) is 0 Å². The Bertz CT molecular complexity index is 138. The first kappa shape index (κ1) is 10.2. The number of allylic oxidation sites excluding steroid dienone is 1. The molecule has 0 aliphatic heterocycles. The van der Waals surface area contributed by atoms with Gasteiger partial charge in [-0.25, -0.2) is 0 Å². The molecule has 0 radical (unpaired) electrons. The van der Waals surface area contributed by atoms with Crippen molar-refractivity contribution in [3.8, 4) is 0 Å². The van der Waals surface area contributed by atoms with Crippen molar-refractivity contribution in [2.24, 2.45) is 0 Å². The average molecular weight is 156 g/mol. The molecule has 0 aliphatic rings. The molecule has 0 aliphatic carbocycles. The van der Waals surface area contributed by atoms with Crippen LogP contribution in [-0.2, 0) is 9.53 Å². The largest absolute Gasteiger partial charge is 0.459 e. The van der Waals surface area contributed by atoms with Crippen molar-refractivity contribution in [3.63, 3.8) is 0 Å². The SMILES string of the molecule is CCC/C=C/[C@H](C)OC(C)=O. The summed E-state index contributed by atoms with van der Waals surface area (Å²) in [5.41, 5.74) is 0. The zero-order valence-corrected chi connectivity index (χ0v) is 7.46. The molecule has 0 rings (SSSR count). The second-order valence-electron chi connectivity index (χ2n) is 2.53. The molecule has 0 fully saturated rings. The summed E-state index contributed by atoms with van der Waals surface area (Å²) in [5.74, 6) is -0.223. The smallest absolute Gasteiger partial charge is 0.303 e. The predicted molar refractivity (Wildman–Crippen MR) is 45.3 cm³/mol. The van der Waals surface area contributed by atoms with E-state index in [1.54, 1.807) is 0 Å². The first-order chi connectivity index (χ1) is 5.16. The van der Waals surface area contributed by atoms with Crippen LogP contribution in [0.1, 0.15) is 33.6 Å². The number of esters is 1. The predicted octanol–water partition coefficient (Wildman–Crippen LogP) is 2.29. The van der Waals surface area contributed by atoms with Crippen molar-refractivity contribution in [1.82, 2.24) is 0 Å². The number of hydrogen-bond acceptors (Lipinski definition) is 2. The van der Waals surface area contributed by atoms with Crippen LogP contribution >= 0.6 is 0 Å². The van der Waals surface area contributed by atoms with E-state index >= 15 is 0 Å². The van der Waals surface area contributed by atoms with Gasteiger partial charge in [-0.05, 0) is 19.4 Å². The van der Waals surface area contributed by atoms with E-state index in [1.165, 1.54) is 6.92 Å². The summed E-state index contributed by atoms with van der Waals surface area (Å²) in [6.07, 6.45) is 6.03. The molecule has 0 amide bonds. The van der Waals surface area contributed by atoms with Gasteiger partial charge in [0, 0.05) is 6.92 Å². The van der Waals surface area contributed by atoms with E-state index in [4.69, 9.17) is 4.74 Å². The van der Waals surface area contributed by atoms with Gasteiger partial charge in [-0.3, -0.25) is 4.79 Å². The van der Waals surface area contributed by atoms with Gasteiger partial charge in [-0.1, -0.05) is 19.4 Å². The standard InChI is InChI=1S/C9H16O2/c1-4-5-6-7-8(2)11-9(3)10/h6-8H,4-5H2,1-3H3/b7-6+/t8-/m0/s1. The van der Waals surface area contributed by atoms with Crippen molar-refractivity contribution in [1.29, 1.82) is 0 Å². The Labute approximate surface area is 68.2 Å². The summed E-state index contributed by atoms with van der Waals surface area (Å²) < 4.78 is 4.87. The molecule has 11 heavy (non-hydrogen) atoms. The lowest BCUT2D eigenvalue weighted by Gasteiger charge is -2.05. The summed E-state index contributed by atoms with van der Waals surface area (Å²) in [7, 11) is 0. The minimum Gasteiger partial charge on any atom is -0.459 e. The average Bonchev–Trinajstić information content (AvgIpc) is 1.86. The lowest BCUT2D eigenvalue weighted by Crippen LogP contribution is -2.08. The van der Waals surface area contributed by atoms with Crippen LogP contribution in [-0.4, -0.2) is 12.1 Å². The van der Waals surface area contributed by atoms with Gasteiger partial charge in [0.2, 0.25) is 0 Å². The minimum absolute atomic E-state index is 0.0842. The number of ether oxygens (including phenoxy) is 1. The zero-order valence-electron chi connectivity index (χ0n) is 7.46. The van der Waals surface area contributed by atoms with Crippen LogP contribution in [0.25, 0.3) is 0 Å². The van der Waals surface area contributed by atoms with Crippen LogP contribution in [0.4, 0.5) is 0 Å². The highest BCUT2D eigenvalue weighted by Gasteiger charge is 1.98. The second kappa shape index (κ2) is 5.96. The van der Waals surface area contributed by atoms with Crippen LogP contribution in [0.3, 0.4) is 0 Å². The van der Waals surface area contributed by atoms with Crippen molar-refractivity contribution < 1.29 is 9.53 Å². The third-order valence-electron chi connectivity index (χ3n) is 1.21. The Morgan fingerprint density at radius 1 is 1.64 bits per heavy atom. The molecular weight excluding hydrogens is 140 g/mol. The van der Waals surface area contributed by atoms with Crippen molar-refractivity contribution in [2.75, 3.05) is 0 Å². The maximum Gasteiger partial charge on any atom is 0.303 e. The Morgan fingerprint density at radius 3 is 2.73 bits per heavy atom. The van der Waals surface area contributed by atoms with E-state index in [-0.39, 0.29) is 12.1 Å². The van der Waals surface area contributed by atoms with E-state index in [0.717, 1.165) is 12.8 Å². The highest BCUT2D eigenvalue weighted by molar-refractivity contribution is 5.66. The molecule has 2 heteroatoms. The highest BCUT2D eigenvalue weighted by Crippen LogP contribution is 1.96. The van der Waals surface area contributed by atoms with Crippen LogP contribution in [0.5, 0.6) is 0 Å². The van der Waals surface area contributed by atoms with Crippen molar-refractivity contribution in [2.45, 2.75) is 39.7 Å². The van der Waals surface area contributed by atoms with Crippen molar-refractivity contribution >= 4 is 5.97 Å². The molecule has 0 unspecified atom stereocenters. The van der Waals surface area contributed by atoms with E-state index < -0.39 is 0 Å². The molecule has 0 N–H and O–H groups in total. The van der Waals surface area contributed by atoms with Gasteiger partial charge in [-0.2, -0.15) is 0 Å². The maximum atomic E-state index is 10.4. The third kappa shape index (κ3) is 7.10. The Hall–Kier alpha value is -0.790. The van der Waals surface area contributed by atoms with Crippen LogP contribution in [0, 0.1) is 0 Å². The van der Waals surface area contributed by atoms with E-state index in [2.05, 4.69) is 6.92 Å². The summed E-state index contributed by atoms with van der Waals surface area (Å²) in [5, 5.41) is 0. The Morgan fingerprint density at radius 2 is 2.27 bits per heavy atom. The summed E-state index contributed by atoms with van der Waals surface area (Å²) in [6, 6.07) is 0. The molecular formula is C9H16O2. The number of hydrogen-bond donors (Lipinski definition) is 0. The monoisotopic (exact) mass is 156 g/mol. The minimum atomic E-state index is -0.223. The number of rotatable bonds is 4. The molecule has 0 aromatic heterocycles. The zero-order chi connectivity index (χ0) is 8.69. The molecule has 1 atom stereocenters. The first-order valence-electron chi connectivity index (χ1n) is 4.00. The fraction of sp³-hybridized carbons (Fsp3) is 0.667. The molecule has 2 nitrogen and oxygen atoms in total. The quantitative estimate of drug-likeness (QED) is 0.461. The molecule has 0 saturated heterocycles. The lowest BCUT2D eigenvalue weighted by atomic mass is 10.3. The first-order valence-corrected chi connectivity index (χ1v) is 4.00. The fourth-order valence-electron chi connectivity index (χ4n) is 0.756. The van der Waals surface area contributed by atoms with Gasteiger partial charge in [0.05, 0.1) is 0 Å². The summed E-state index contributed by atoms with van der Waals surface area (Å²) >= 11 is 0. The Kier molecular flexibility index (Phi) is 5.53. The molecule has 0 aromatic rings. The maximum absolute atomic E-state index is 10.4. The van der Waals surface area contributed by atoms with E-state index in [1.807, 2.05) is 19.1 Å². The van der Waals surface area contributed by atoms with Gasteiger partial charge >= 0.3 is 5.97 Å². The van der Waals surface area contributed by atoms with Crippen LogP contribution in [0.15, 0.2) is 12.2 Å². The lowest BCUT2D eigenvalue weighted by molar-refractivity contribution is -0.143. The molecule has 0 aromatic carbocycles. The number of unbranched alkanes of at least 4 members (excludes halogenated alkanes) is 1. The van der Waals surface area contributed by atoms with Gasteiger partial charge < -0.3 is 4.74 Å². The molecule has 0 spiro atoms. The highest BCUT2D eigenvalue weighted by atomic mass is 16.5. The molecule has 0 bridgehead atoms. The van der Waals surface area contributed by atoms with E-state index in [0.29, 0.717) is 0 Å². The summed E-state index contributed by atoms with van der Waals surface area (Å²) in [4.78, 5) is 10.4. The van der Waals surface area contributed by atoms with Crippen LogP contribution < -0.4 is 0 Å². The van der Waals surface area contributed by atoms with Crippen LogP contribution in [0.2, 0.25) is 0 Å². The van der Waals surface area contributed by atoms with E-state index in [9.17, 15) is 4.79 Å². The summed E-state index contributed by atoms with van der Waals surface area (Å²) in [6.45, 7) is 5.39. The Balaban J connectivity index is 3.50. The normalized spacial score (nSPS) is 13.4. The molecule has 0 heterocycles. The van der Waals surface area contributed by atoms with Gasteiger partial charge in [-0.15, -0.1) is 0 Å². The van der Waals surface area contributed by atoms with Crippen molar-refractivity contribution in [3.05, 3.63) is 12.2 Å². The number of carbonyl (C=O) groups is 1.